The van der Waals surface area contributed by atoms with Crippen LogP contribution in [0, 0.1) is 5.92 Å². The molecule has 1 N–H and O–H groups in total. The number of pyridine rings is 1. The summed E-state index contributed by atoms with van der Waals surface area (Å²) in [7, 11) is 4.10. The Balaban J connectivity index is 2.57. The first-order valence-corrected chi connectivity index (χ1v) is 6.35. The Bertz CT molecular complexity index is 336. The lowest BCUT2D eigenvalue weighted by atomic mass is 10.0. The van der Waals surface area contributed by atoms with Gasteiger partial charge in [0.05, 0.1) is 5.69 Å². The van der Waals surface area contributed by atoms with Gasteiger partial charge in [0.25, 0.3) is 0 Å². The maximum absolute atomic E-state index is 4.41. The molecule has 0 amide bonds. The first-order chi connectivity index (χ1) is 8.02. The number of hydrogen-bond donors (Lipinski definition) is 1. The highest BCUT2D eigenvalue weighted by atomic mass is 15.1. The Morgan fingerprint density at radius 2 is 2.06 bits per heavy atom. The van der Waals surface area contributed by atoms with Crippen molar-refractivity contribution in [1.29, 1.82) is 0 Å². The summed E-state index contributed by atoms with van der Waals surface area (Å²) < 4.78 is 0. The molecule has 1 unspecified atom stereocenters. The fourth-order valence-electron chi connectivity index (χ4n) is 1.99. The maximum Gasteiger partial charge on any atom is 0.0564 e. The van der Waals surface area contributed by atoms with Crippen molar-refractivity contribution >= 4 is 5.69 Å². The van der Waals surface area contributed by atoms with E-state index < -0.39 is 0 Å². The normalized spacial score (nSPS) is 13.1. The molecular weight excluding hydrogens is 210 g/mol. The van der Waals surface area contributed by atoms with E-state index in [0.29, 0.717) is 6.04 Å². The smallest absolute Gasteiger partial charge is 0.0564 e. The SMILES string of the molecule is CNc1ccnc(CN(C)C(C)CC(C)C)c1. The van der Waals surface area contributed by atoms with Crippen LogP contribution in [0.2, 0.25) is 0 Å². The molecule has 0 saturated heterocycles. The second-order valence-corrected chi connectivity index (χ2v) is 5.18. The van der Waals surface area contributed by atoms with Gasteiger partial charge in [0.15, 0.2) is 0 Å². The van der Waals surface area contributed by atoms with E-state index in [4.69, 9.17) is 0 Å². The molecule has 0 aromatic carbocycles. The van der Waals surface area contributed by atoms with Crippen molar-refractivity contribution in [3.05, 3.63) is 24.0 Å². The summed E-state index contributed by atoms with van der Waals surface area (Å²) in [6.07, 6.45) is 3.09. The van der Waals surface area contributed by atoms with Crippen molar-refractivity contribution < 1.29 is 0 Å². The van der Waals surface area contributed by atoms with Gasteiger partial charge in [-0.2, -0.15) is 0 Å². The fraction of sp³-hybridized carbons (Fsp3) is 0.643. The molecule has 0 spiro atoms. The average molecular weight is 235 g/mol. The lowest BCUT2D eigenvalue weighted by molar-refractivity contribution is 0.218. The largest absolute Gasteiger partial charge is 0.388 e. The Labute approximate surface area is 105 Å². The van der Waals surface area contributed by atoms with Crippen molar-refractivity contribution in [2.45, 2.75) is 39.8 Å². The van der Waals surface area contributed by atoms with Crippen LogP contribution in [0.5, 0.6) is 0 Å². The fourth-order valence-corrected chi connectivity index (χ4v) is 1.99. The number of rotatable bonds is 6. The van der Waals surface area contributed by atoms with Crippen LogP contribution in [-0.4, -0.2) is 30.0 Å². The Hall–Kier alpha value is -1.09. The molecule has 96 valence electrons. The summed E-state index contributed by atoms with van der Waals surface area (Å²) in [4.78, 5) is 6.77. The monoisotopic (exact) mass is 235 g/mol. The third-order valence-corrected chi connectivity index (χ3v) is 3.08. The third kappa shape index (κ3) is 4.73. The maximum atomic E-state index is 4.41. The first kappa shape index (κ1) is 14.0. The van der Waals surface area contributed by atoms with E-state index >= 15 is 0 Å². The Kier molecular flexibility index (Phi) is 5.42. The predicted octanol–water partition coefficient (Wildman–Crippen LogP) is 2.99. The van der Waals surface area contributed by atoms with Crippen molar-refractivity contribution in [1.82, 2.24) is 9.88 Å². The zero-order valence-corrected chi connectivity index (χ0v) is 11.7. The molecule has 1 aromatic rings. The molecule has 0 aliphatic carbocycles. The van der Waals surface area contributed by atoms with Crippen LogP contribution in [0.25, 0.3) is 0 Å². The van der Waals surface area contributed by atoms with E-state index in [9.17, 15) is 0 Å². The number of aromatic nitrogens is 1. The van der Waals surface area contributed by atoms with Crippen LogP contribution in [0.3, 0.4) is 0 Å². The highest BCUT2D eigenvalue weighted by Gasteiger charge is 2.11. The lowest BCUT2D eigenvalue weighted by Gasteiger charge is -2.25. The van der Waals surface area contributed by atoms with Gasteiger partial charge in [-0.1, -0.05) is 13.8 Å². The summed E-state index contributed by atoms with van der Waals surface area (Å²) in [6.45, 7) is 7.72. The second-order valence-electron chi connectivity index (χ2n) is 5.18. The number of anilines is 1. The number of hydrogen-bond acceptors (Lipinski definition) is 3. The standard InChI is InChI=1S/C14H25N3/c1-11(2)8-12(3)17(5)10-14-9-13(15-4)6-7-16-14/h6-7,9,11-12H,8,10H2,1-5H3,(H,15,16). The van der Waals surface area contributed by atoms with Crippen molar-refractivity contribution in [3.8, 4) is 0 Å². The molecule has 1 aromatic heterocycles. The average Bonchev–Trinajstić information content (AvgIpc) is 2.28. The van der Waals surface area contributed by atoms with Gasteiger partial charge in [-0.3, -0.25) is 9.88 Å². The van der Waals surface area contributed by atoms with Crippen LogP contribution in [-0.2, 0) is 6.54 Å². The lowest BCUT2D eigenvalue weighted by Crippen LogP contribution is -2.30. The topological polar surface area (TPSA) is 28.2 Å². The molecule has 3 nitrogen and oxygen atoms in total. The van der Waals surface area contributed by atoms with Gasteiger partial charge in [0.1, 0.15) is 0 Å². The van der Waals surface area contributed by atoms with Crippen LogP contribution < -0.4 is 5.32 Å². The minimum atomic E-state index is 0.593. The highest BCUT2D eigenvalue weighted by Crippen LogP contribution is 2.13. The molecule has 0 radical (unpaired) electrons. The summed E-state index contributed by atoms with van der Waals surface area (Å²) >= 11 is 0. The molecule has 0 aliphatic heterocycles. The molecule has 0 bridgehead atoms. The van der Waals surface area contributed by atoms with Gasteiger partial charge < -0.3 is 5.32 Å². The second kappa shape index (κ2) is 6.60. The van der Waals surface area contributed by atoms with Gasteiger partial charge in [-0.05, 0) is 38.4 Å². The van der Waals surface area contributed by atoms with Crippen molar-refractivity contribution in [3.63, 3.8) is 0 Å². The van der Waals surface area contributed by atoms with Crippen molar-refractivity contribution in [2.24, 2.45) is 5.92 Å². The predicted molar refractivity (Wildman–Crippen MR) is 74.2 cm³/mol. The first-order valence-electron chi connectivity index (χ1n) is 6.35. The van der Waals surface area contributed by atoms with E-state index in [1.54, 1.807) is 0 Å². The molecule has 1 heterocycles. The summed E-state index contributed by atoms with van der Waals surface area (Å²) in [6, 6.07) is 4.69. The van der Waals surface area contributed by atoms with Gasteiger partial charge >= 0.3 is 0 Å². The van der Waals surface area contributed by atoms with Crippen LogP contribution in [0.4, 0.5) is 5.69 Å². The Morgan fingerprint density at radius 1 is 1.35 bits per heavy atom. The molecule has 1 rings (SSSR count). The third-order valence-electron chi connectivity index (χ3n) is 3.08. The quantitative estimate of drug-likeness (QED) is 0.821. The molecule has 1 atom stereocenters. The van der Waals surface area contributed by atoms with Gasteiger partial charge in [0, 0.05) is 31.5 Å². The van der Waals surface area contributed by atoms with E-state index in [1.807, 2.05) is 19.3 Å². The number of nitrogens with zero attached hydrogens (tertiary/aromatic N) is 2. The molecule has 17 heavy (non-hydrogen) atoms. The minimum Gasteiger partial charge on any atom is -0.388 e. The van der Waals surface area contributed by atoms with Crippen molar-refractivity contribution in [2.75, 3.05) is 19.4 Å². The molecule has 3 heteroatoms. The van der Waals surface area contributed by atoms with Crippen LogP contribution in [0.15, 0.2) is 18.3 Å². The summed E-state index contributed by atoms with van der Waals surface area (Å²) in [5.41, 5.74) is 2.25. The zero-order chi connectivity index (χ0) is 12.8. The van der Waals surface area contributed by atoms with Gasteiger partial charge in [-0.25, -0.2) is 0 Å². The van der Waals surface area contributed by atoms with E-state index in [0.717, 1.165) is 23.8 Å². The van der Waals surface area contributed by atoms with Gasteiger partial charge in [0.2, 0.25) is 0 Å². The van der Waals surface area contributed by atoms with Crippen LogP contribution >= 0.6 is 0 Å². The zero-order valence-electron chi connectivity index (χ0n) is 11.7. The summed E-state index contributed by atoms with van der Waals surface area (Å²) in [5, 5.41) is 3.14. The van der Waals surface area contributed by atoms with Crippen LogP contribution in [0.1, 0.15) is 32.9 Å². The molecule has 0 saturated carbocycles. The molecule has 0 aliphatic rings. The number of nitrogens with one attached hydrogen (secondary N) is 1. The summed E-state index contributed by atoms with van der Waals surface area (Å²) in [5.74, 6) is 0.740. The molecule has 0 fully saturated rings. The minimum absolute atomic E-state index is 0.593. The van der Waals surface area contributed by atoms with E-state index in [-0.39, 0.29) is 0 Å². The van der Waals surface area contributed by atoms with Gasteiger partial charge in [-0.15, -0.1) is 0 Å². The van der Waals surface area contributed by atoms with E-state index in [2.05, 4.69) is 49.1 Å². The van der Waals surface area contributed by atoms with E-state index in [1.165, 1.54) is 6.42 Å². The molecular formula is C14H25N3. The highest BCUT2D eigenvalue weighted by molar-refractivity contribution is 5.42. The Morgan fingerprint density at radius 3 is 2.65 bits per heavy atom.